The van der Waals surface area contributed by atoms with Gasteiger partial charge in [0.1, 0.15) is 24.4 Å². The van der Waals surface area contributed by atoms with E-state index in [2.05, 4.69) is 20.9 Å². The van der Waals surface area contributed by atoms with Gasteiger partial charge in [-0.3, -0.25) is 19.2 Å². The maximum absolute atomic E-state index is 13.5. The van der Waals surface area contributed by atoms with Crippen LogP contribution in [0.4, 0.5) is 0 Å². The summed E-state index contributed by atoms with van der Waals surface area (Å²) in [7, 11) is 2.02. The van der Waals surface area contributed by atoms with Crippen LogP contribution in [0.15, 0.2) is 24.3 Å². The first kappa shape index (κ1) is 26.5. The van der Waals surface area contributed by atoms with Crippen molar-refractivity contribution in [3.63, 3.8) is 0 Å². The molecule has 0 bridgehead atoms. The SMILES string of the molecule is CC(C)[C@H]1NC(=O)CC[C@@H](C(=O)N2CCCN(C)CC2)NC(=O)c2ccccc2OCCNC1=O. The normalized spacial score (nSPS) is 23.5. The number of benzene rings is 1. The summed E-state index contributed by atoms with van der Waals surface area (Å²) in [5.74, 6) is -1.04. The highest BCUT2D eigenvalue weighted by atomic mass is 16.5. The highest BCUT2D eigenvalue weighted by molar-refractivity contribution is 5.99. The summed E-state index contributed by atoms with van der Waals surface area (Å²) in [6.07, 6.45) is 0.961. The highest BCUT2D eigenvalue weighted by Crippen LogP contribution is 2.19. The molecule has 2 atom stereocenters. The molecule has 10 nitrogen and oxygen atoms in total. The number of likely N-dealkylation sites (N-methyl/N-ethyl adjacent to an activating group) is 1. The summed E-state index contributed by atoms with van der Waals surface area (Å²) in [6, 6.07) is 5.21. The number of ether oxygens (including phenoxy) is 1. The Hall–Kier alpha value is -3.14. The van der Waals surface area contributed by atoms with E-state index >= 15 is 0 Å². The summed E-state index contributed by atoms with van der Waals surface area (Å²) in [5, 5.41) is 8.41. The summed E-state index contributed by atoms with van der Waals surface area (Å²) in [4.78, 5) is 56.0. The van der Waals surface area contributed by atoms with Gasteiger partial charge in [-0.2, -0.15) is 0 Å². The van der Waals surface area contributed by atoms with E-state index in [-0.39, 0.29) is 49.6 Å². The Kier molecular flexibility index (Phi) is 9.47. The van der Waals surface area contributed by atoms with Crippen LogP contribution in [0.5, 0.6) is 5.75 Å². The maximum atomic E-state index is 13.5. The van der Waals surface area contributed by atoms with Crippen molar-refractivity contribution < 1.29 is 23.9 Å². The van der Waals surface area contributed by atoms with Crippen LogP contribution < -0.4 is 20.7 Å². The molecule has 1 saturated heterocycles. The van der Waals surface area contributed by atoms with E-state index in [1.807, 2.05) is 20.9 Å². The average Bonchev–Trinajstić information content (AvgIpc) is 3.06. The summed E-state index contributed by atoms with van der Waals surface area (Å²) in [6.45, 7) is 6.88. The molecule has 0 aliphatic carbocycles. The van der Waals surface area contributed by atoms with E-state index in [0.717, 1.165) is 19.5 Å². The van der Waals surface area contributed by atoms with E-state index in [9.17, 15) is 19.2 Å². The molecule has 1 aromatic carbocycles. The van der Waals surface area contributed by atoms with Crippen LogP contribution in [-0.4, -0.2) is 91.9 Å². The number of nitrogens with zero attached hydrogens (tertiary/aromatic N) is 2. The van der Waals surface area contributed by atoms with Crippen molar-refractivity contribution in [1.29, 1.82) is 0 Å². The molecule has 0 spiro atoms. The zero-order valence-corrected chi connectivity index (χ0v) is 20.8. The first-order chi connectivity index (χ1) is 16.8. The fourth-order valence-electron chi connectivity index (χ4n) is 4.26. The molecule has 1 fully saturated rings. The van der Waals surface area contributed by atoms with Crippen LogP contribution in [0.2, 0.25) is 0 Å². The van der Waals surface area contributed by atoms with Gasteiger partial charge in [-0.1, -0.05) is 26.0 Å². The van der Waals surface area contributed by atoms with Crippen molar-refractivity contribution in [3.05, 3.63) is 29.8 Å². The standard InChI is InChI=1S/C25H37N5O5/c1-17(2)22-24(33)26-11-16-35-20-8-5-4-7-18(20)23(32)27-19(9-10-21(31)28-22)25(34)30-13-6-12-29(3)14-15-30/h4-5,7-8,17,19,22H,6,9-16H2,1-3H3,(H,26,33)(H,27,32)(H,28,31)/t19-,22+/m0/s1. The molecule has 3 N–H and O–H groups in total. The third-order valence-electron chi connectivity index (χ3n) is 6.35. The van der Waals surface area contributed by atoms with E-state index in [0.29, 0.717) is 24.4 Å². The summed E-state index contributed by atoms with van der Waals surface area (Å²) < 4.78 is 5.78. The number of para-hydroxylation sites is 1. The molecule has 10 heteroatoms. The number of carbonyl (C=O) groups is 4. The number of rotatable bonds is 2. The number of fused-ring (bicyclic) bond motifs is 1. The third-order valence-corrected chi connectivity index (χ3v) is 6.35. The monoisotopic (exact) mass is 487 g/mol. The molecule has 4 amide bonds. The topological polar surface area (TPSA) is 120 Å². The van der Waals surface area contributed by atoms with Gasteiger partial charge in [0.2, 0.25) is 17.7 Å². The van der Waals surface area contributed by atoms with Crippen molar-refractivity contribution in [2.45, 2.75) is 45.2 Å². The van der Waals surface area contributed by atoms with Crippen LogP contribution in [0.3, 0.4) is 0 Å². The minimum Gasteiger partial charge on any atom is -0.491 e. The number of nitrogens with one attached hydrogen (secondary N) is 3. The lowest BCUT2D eigenvalue weighted by Crippen LogP contribution is -2.51. The lowest BCUT2D eigenvalue weighted by atomic mass is 10.0. The van der Waals surface area contributed by atoms with Gasteiger partial charge >= 0.3 is 0 Å². The van der Waals surface area contributed by atoms with Crippen molar-refractivity contribution in [2.75, 3.05) is 46.4 Å². The quantitative estimate of drug-likeness (QED) is 0.555. The van der Waals surface area contributed by atoms with Crippen molar-refractivity contribution in [3.8, 4) is 5.75 Å². The fraction of sp³-hybridized carbons (Fsp3) is 0.600. The van der Waals surface area contributed by atoms with Crippen LogP contribution in [0.1, 0.15) is 43.5 Å². The smallest absolute Gasteiger partial charge is 0.255 e. The Balaban J connectivity index is 1.85. The van der Waals surface area contributed by atoms with Crippen LogP contribution in [0.25, 0.3) is 0 Å². The molecule has 192 valence electrons. The second-order valence-corrected chi connectivity index (χ2v) is 9.47. The van der Waals surface area contributed by atoms with Gasteiger partial charge in [0.25, 0.3) is 5.91 Å². The minimum absolute atomic E-state index is 0.000916. The van der Waals surface area contributed by atoms with Gasteiger partial charge in [0.15, 0.2) is 0 Å². The zero-order chi connectivity index (χ0) is 25.4. The highest BCUT2D eigenvalue weighted by Gasteiger charge is 2.30. The molecule has 1 aromatic rings. The number of carbonyl (C=O) groups excluding carboxylic acids is 4. The molecule has 2 heterocycles. The van der Waals surface area contributed by atoms with Crippen molar-refractivity contribution in [2.24, 2.45) is 5.92 Å². The molecule has 2 aliphatic heterocycles. The Bertz CT molecular complexity index is 921. The first-order valence-electron chi connectivity index (χ1n) is 12.3. The summed E-state index contributed by atoms with van der Waals surface area (Å²) >= 11 is 0. The van der Waals surface area contributed by atoms with Gasteiger partial charge in [-0.25, -0.2) is 0 Å². The zero-order valence-electron chi connectivity index (χ0n) is 20.8. The molecule has 0 unspecified atom stereocenters. The van der Waals surface area contributed by atoms with Gasteiger partial charge < -0.3 is 30.5 Å². The Morgan fingerprint density at radius 1 is 1.06 bits per heavy atom. The Labute approximate surface area is 206 Å². The predicted molar refractivity (Wildman–Crippen MR) is 131 cm³/mol. The van der Waals surface area contributed by atoms with Gasteiger partial charge in [-0.05, 0) is 44.5 Å². The van der Waals surface area contributed by atoms with E-state index < -0.39 is 18.0 Å². The van der Waals surface area contributed by atoms with Crippen LogP contribution >= 0.6 is 0 Å². The second kappa shape index (κ2) is 12.5. The van der Waals surface area contributed by atoms with Crippen molar-refractivity contribution in [1.82, 2.24) is 25.8 Å². The molecule has 0 saturated carbocycles. The Morgan fingerprint density at radius 2 is 1.83 bits per heavy atom. The van der Waals surface area contributed by atoms with Crippen LogP contribution in [0, 0.1) is 5.92 Å². The molecule has 3 rings (SSSR count). The molecule has 2 aliphatic rings. The van der Waals surface area contributed by atoms with E-state index in [1.54, 1.807) is 29.2 Å². The second-order valence-electron chi connectivity index (χ2n) is 9.47. The molecular formula is C25H37N5O5. The first-order valence-corrected chi connectivity index (χ1v) is 12.3. The number of hydrogen-bond acceptors (Lipinski definition) is 6. The molecular weight excluding hydrogens is 450 g/mol. The number of amides is 4. The van der Waals surface area contributed by atoms with E-state index in [1.165, 1.54) is 0 Å². The maximum Gasteiger partial charge on any atom is 0.255 e. The fourth-order valence-corrected chi connectivity index (χ4v) is 4.26. The van der Waals surface area contributed by atoms with Gasteiger partial charge in [0.05, 0.1) is 12.1 Å². The lowest BCUT2D eigenvalue weighted by Gasteiger charge is -2.27. The predicted octanol–water partition coefficient (Wildman–Crippen LogP) is 0.379. The largest absolute Gasteiger partial charge is 0.491 e. The lowest BCUT2D eigenvalue weighted by molar-refractivity contribution is -0.134. The van der Waals surface area contributed by atoms with Gasteiger partial charge in [-0.15, -0.1) is 0 Å². The third kappa shape index (κ3) is 7.42. The van der Waals surface area contributed by atoms with E-state index in [4.69, 9.17) is 4.74 Å². The average molecular weight is 488 g/mol. The Morgan fingerprint density at radius 3 is 2.60 bits per heavy atom. The summed E-state index contributed by atoms with van der Waals surface area (Å²) in [5.41, 5.74) is 0.298. The van der Waals surface area contributed by atoms with Crippen molar-refractivity contribution >= 4 is 23.6 Å². The number of hydrogen-bond donors (Lipinski definition) is 3. The van der Waals surface area contributed by atoms with Gasteiger partial charge in [0, 0.05) is 26.1 Å². The molecule has 0 aromatic heterocycles. The molecule has 0 radical (unpaired) electrons. The molecule has 35 heavy (non-hydrogen) atoms. The minimum atomic E-state index is -0.874. The van der Waals surface area contributed by atoms with Crippen LogP contribution in [-0.2, 0) is 14.4 Å².